The van der Waals surface area contributed by atoms with Crippen molar-refractivity contribution in [2.45, 2.75) is 26.2 Å². The van der Waals surface area contributed by atoms with Gasteiger partial charge < -0.3 is 0 Å². The molecular formula is C22H20F2N4O2S2. The highest BCUT2D eigenvalue weighted by Crippen LogP contribution is 2.34. The number of fused-ring (bicyclic) bond motifs is 1. The van der Waals surface area contributed by atoms with Crippen LogP contribution in [0.4, 0.5) is 8.78 Å². The molecule has 0 aliphatic carbocycles. The number of nitrogens with zero attached hydrogens (tertiary/aromatic N) is 4. The molecule has 2 aliphatic heterocycles. The Morgan fingerprint density at radius 1 is 0.750 bits per heavy atom. The largest absolute Gasteiger partial charge is 0.293 e. The summed E-state index contributed by atoms with van der Waals surface area (Å²) in [6.45, 7) is 3.83. The Bertz CT molecular complexity index is 1000. The van der Waals surface area contributed by atoms with Gasteiger partial charge >= 0.3 is 0 Å². The van der Waals surface area contributed by atoms with Crippen molar-refractivity contribution in [1.29, 1.82) is 0 Å². The molecule has 2 aromatic carbocycles. The number of hydrogen-bond acceptors (Lipinski definition) is 8. The molecule has 0 unspecified atom stereocenters. The van der Waals surface area contributed by atoms with Crippen molar-refractivity contribution >= 4 is 45.4 Å². The summed E-state index contributed by atoms with van der Waals surface area (Å²) < 4.78 is 26.2. The molecule has 0 saturated carbocycles. The number of aliphatic imine (C=N–C) groups is 2. The average Bonchev–Trinajstić information content (AvgIpc) is 3.29. The Balaban J connectivity index is 1.36. The van der Waals surface area contributed by atoms with Crippen LogP contribution in [0.25, 0.3) is 0 Å². The number of halogens is 2. The zero-order chi connectivity index (χ0) is 22.8. The van der Waals surface area contributed by atoms with E-state index in [2.05, 4.69) is 9.98 Å². The van der Waals surface area contributed by atoms with E-state index in [0.29, 0.717) is 21.5 Å². The van der Waals surface area contributed by atoms with E-state index in [1.165, 1.54) is 72.1 Å². The van der Waals surface area contributed by atoms with E-state index in [1.54, 1.807) is 0 Å². The number of ketones is 2. The van der Waals surface area contributed by atoms with Gasteiger partial charge in [0.1, 0.15) is 24.0 Å². The van der Waals surface area contributed by atoms with E-state index in [1.807, 2.05) is 23.9 Å². The second-order valence-electron chi connectivity index (χ2n) is 7.21. The van der Waals surface area contributed by atoms with Gasteiger partial charge in [-0.1, -0.05) is 23.5 Å². The lowest BCUT2D eigenvalue weighted by molar-refractivity contribution is 0.101. The van der Waals surface area contributed by atoms with Crippen LogP contribution in [-0.4, -0.2) is 55.8 Å². The normalized spacial score (nSPS) is 19.6. The Morgan fingerprint density at radius 3 is 1.44 bits per heavy atom. The minimum atomic E-state index is -0.384. The summed E-state index contributed by atoms with van der Waals surface area (Å²) in [6, 6.07) is 10.9. The number of hydrogen-bond donors (Lipinski definition) is 0. The maximum absolute atomic E-state index is 13.1. The molecular weight excluding hydrogens is 454 g/mol. The molecule has 2 aromatic rings. The van der Waals surface area contributed by atoms with Crippen molar-refractivity contribution in [2.24, 2.45) is 9.98 Å². The molecule has 0 aromatic heterocycles. The van der Waals surface area contributed by atoms with E-state index >= 15 is 0 Å². The first kappa shape index (κ1) is 22.5. The van der Waals surface area contributed by atoms with Crippen LogP contribution >= 0.6 is 23.5 Å². The number of carbonyl (C=O) groups is 2. The van der Waals surface area contributed by atoms with Gasteiger partial charge in [0.15, 0.2) is 21.9 Å². The molecule has 0 fully saturated rings. The summed E-state index contributed by atoms with van der Waals surface area (Å²) in [6.07, 6.45) is -0.453. The quantitative estimate of drug-likeness (QED) is 0.577. The first-order valence-corrected chi connectivity index (χ1v) is 11.9. The predicted molar refractivity (Wildman–Crippen MR) is 124 cm³/mol. The highest BCUT2D eigenvalue weighted by atomic mass is 32.2. The van der Waals surface area contributed by atoms with Gasteiger partial charge in [-0.15, -0.1) is 0 Å². The van der Waals surface area contributed by atoms with Crippen LogP contribution in [0, 0.1) is 11.6 Å². The highest BCUT2D eigenvalue weighted by Gasteiger charge is 2.42. The lowest BCUT2D eigenvalue weighted by atomic mass is 10.1. The summed E-state index contributed by atoms with van der Waals surface area (Å²) in [4.78, 5) is 34.2. The van der Waals surface area contributed by atoms with Gasteiger partial charge in [0.05, 0.1) is 11.5 Å². The van der Waals surface area contributed by atoms with E-state index in [4.69, 9.17) is 0 Å². The van der Waals surface area contributed by atoms with Gasteiger partial charge in [-0.3, -0.25) is 9.59 Å². The first-order valence-electron chi connectivity index (χ1n) is 9.90. The Kier molecular flexibility index (Phi) is 6.61. The van der Waals surface area contributed by atoms with Gasteiger partial charge in [0.2, 0.25) is 0 Å². The van der Waals surface area contributed by atoms with Gasteiger partial charge in [0, 0.05) is 11.1 Å². The van der Waals surface area contributed by atoms with E-state index in [0.717, 1.165) is 0 Å². The summed E-state index contributed by atoms with van der Waals surface area (Å²) >= 11 is 2.61. The SMILES string of the molecule is C[C@H]1N=C(SCC(=O)c2ccc(F)cc2)N2[C@@H](C)N=C(SCC(=O)c3ccc(F)cc3)N12. The molecule has 2 heterocycles. The van der Waals surface area contributed by atoms with E-state index in [9.17, 15) is 18.4 Å². The number of rotatable bonds is 6. The molecule has 10 heteroatoms. The van der Waals surface area contributed by atoms with E-state index < -0.39 is 0 Å². The second-order valence-corrected chi connectivity index (χ2v) is 9.10. The fourth-order valence-corrected chi connectivity index (χ4v) is 5.37. The van der Waals surface area contributed by atoms with Crippen LogP contribution in [0.2, 0.25) is 0 Å². The monoisotopic (exact) mass is 474 g/mol. The minimum Gasteiger partial charge on any atom is -0.293 e. The third kappa shape index (κ3) is 4.71. The Hall–Kier alpha value is -2.72. The molecule has 4 rings (SSSR count). The summed E-state index contributed by atoms with van der Waals surface area (Å²) in [5, 5.41) is 5.17. The average molecular weight is 475 g/mol. The standard InChI is InChI=1S/C22H20F2N4O2S2/c1-13-25-21(31-11-19(29)15-3-7-17(23)8-4-15)28-14(2)26-22(27(13)28)32-12-20(30)16-5-9-18(24)10-6-16/h3-10,13-14H,11-12H2,1-2H3/t13-,14-/m0/s1. The molecule has 2 aliphatic rings. The zero-order valence-electron chi connectivity index (χ0n) is 17.4. The molecule has 0 saturated heterocycles. The summed E-state index contributed by atoms with van der Waals surface area (Å²) in [5.41, 5.74) is 0.896. The number of hydrazine groups is 1. The topological polar surface area (TPSA) is 65.3 Å². The van der Waals surface area contributed by atoms with Gasteiger partial charge in [-0.2, -0.15) is 0 Å². The lowest BCUT2D eigenvalue weighted by Crippen LogP contribution is -2.44. The van der Waals surface area contributed by atoms with Crippen LogP contribution in [0.3, 0.4) is 0 Å². The highest BCUT2D eigenvalue weighted by molar-refractivity contribution is 8.15. The number of Topliss-reactive ketones (excluding diaryl/α,β-unsaturated/α-hetero) is 2. The number of thioether (sulfide) groups is 2. The van der Waals surface area contributed by atoms with E-state index in [-0.39, 0.29) is 47.0 Å². The van der Waals surface area contributed by atoms with Crippen molar-refractivity contribution in [3.63, 3.8) is 0 Å². The third-order valence-electron chi connectivity index (χ3n) is 4.92. The molecule has 32 heavy (non-hydrogen) atoms. The smallest absolute Gasteiger partial charge is 0.183 e. The maximum atomic E-state index is 13.1. The maximum Gasteiger partial charge on any atom is 0.183 e. The number of benzene rings is 2. The van der Waals surface area contributed by atoms with Crippen molar-refractivity contribution < 1.29 is 18.4 Å². The Labute approximate surface area is 192 Å². The van der Waals surface area contributed by atoms with Crippen LogP contribution in [0.5, 0.6) is 0 Å². The minimum absolute atomic E-state index is 0.115. The van der Waals surface area contributed by atoms with Crippen LogP contribution in [0.1, 0.15) is 34.6 Å². The third-order valence-corrected chi connectivity index (χ3v) is 6.84. The first-order chi connectivity index (χ1) is 15.3. The van der Waals surface area contributed by atoms with Crippen molar-refractivity contribution in [3.8, 4) is 0 Å². The molecule has 6 nitrogen and oxygen atoms in total. The molecule has 0 bridgehead atoms. The summed E-state index contributed by atoms with van der Waals surface area (Å²) in [5.74, 6) is -0.665. The van der Waals surface area contributed by atoms with Gasteiger partial charge in [0.25, 0.3) is 0 Å². The lowest BCUT2D eigenvalue weighted by Gasteiger charge is -2.29. The van der Waals surface area contributed by atoms with Gasteiger partial charge in [-0.05, 0) is 62.4 Å². The molecule has 0 N–H and O–H groups in total. The van der Waals surface area contributed by atoms with Crippen molar-refractivity contribution in [3.05, 3.63) is 71.3 Å². The molecule has 166 valence electrons. The number of amidine groups is 2. The van der Waals surface area contributed by atoms with Crippen LogP contribution in [-0.2, 0) is 0 Å². The molecule has 2 atom stereocenters. The fraction of sp³-hybridized carbons (Fsp3) is 0.273. The molecule has 0 amide bonds. The van der Waals surface area contributed by atoms with Crippen molar-refractivity contribution in [1.82, 2.24) is 10.0 Å². The van der Waals surface area contributed by atoms with Crippen molar-refractivity contribution in [2.75, 3.05) is 11.5 Å². The van der Waals surface area contributed by atoms with Crippen LogP contribution in [0.15, 0.2) is 58.5 Å². The summed E-state index contributed by atoms with van der Waals surface area (Å²) in [7, 11) is 0. The van der Waals surface area contributed by atoms with Gasteiger partial charge in [-0.25, -0.2) is 28.8 Å². The zero-order valence-corrected chi connectivity index (χ0v) is 19.0. The predicted octanol–water partition coefficient (Wildman–Crippen LogP) is 4.45. The molecule has 0 radical (unpaired) electrons. The Morgan fingerprint density at radius 2 is 1.09 bits per heavy atom. The number of carbonyl (C=O) groups excluding carboxylic acids is 2. The van der Waals surface area contributed by atoms with Crippen LogP contribution < -0.4 is 0 Å². The fourth-order valence-electron chi connectivity index (χ4n) is 3.32. The molecule has 0 spiro atoms. The second kappa shape index (κ2) is 9.41.